The Kier molecular flexibility index (Phi) is 9.23. The molecule has 1 aromatic rings. The Morgan fingerprint density at radius 2 is 1.96 bits per heavy atom. The number of anilines is 1. The van der Waals surface area contributed by atoms with Gasteiger partial charge in [0.15, 0.2) is 0 Å². The first-order chi connectivity index (χ1) is 11.5. The summed E-state index contributed by atoms with van der Waals surface area (Å²) in [5, 5.41) is 14.5. The molecule has 0 aliphatic heterocycles. The molecule has 0 saturated carbocycles. The van der Waals surface area contributed by atoms with Crippen LogP contribution in [0.5, 0.6) is 0 Å². The molecule has 1 atom stereocenters. The van der Waals surface area contributed by atoms with E-state index >= 15 is 0 Å². The predicted molar refractivity (Wildman–Crippen MR) is 98.0 cm³/mol. The molecule has 0 fully saturated rings. The van der Waals surface area contributed by atoms with Gasteiger partial charge in [0.05, 0.1) is 12.2 Å². The summed E-state index contributed by atoms with van der Waals surface area (Å²) < 4.78 is 4.82. The Morgan fingerprint density at radius 1 is 1.21 bits per heavy atom. The normalized spacial score (nSPS) is 13.3. The van der Waals surface area contributed by atoms with Crippen molar-refractivity contribution in [2.45, 2.75) is 64.4 Å². The van der Waals surface area contributed by atoms with Crippen LogP contribution in [0.2, 0.25) is 0 Å². The van der Waals surface area contributed by atoms with Crippen LogP contribution in [-0.2, 0) is 10.3 Å². The van der Waals surface area contributed by atoms with Crippen molar-refractivity contribution in [1.82, 2.24) is 0 Å². The molecule has 0 aromatic heterocycles. The van der Waals surface area contributed by atoms with Gasteiger partial charge in [0.25, 0.3) is 0 Å². The average Bonchev–Trinajstić information content (AvgIpc) is 2.57. The highest BCUT2D eigenvalue weighted by molar-refractivity contribution is 5.64. The number of unbranched alkanes of at least 4 members (excludes halogenated alkanes) is 3. The molecule has 1 aromatic carbocycles. The third-order valence-corrected chi connectivity index (χ3v) is 4.21. The van der Waals surface area contributed by atoms with Crippen LogP contribution < -0.4 is 11.1 Å². The number of aliphatic hydroxyl groups is 1. The molecule has 1 unspecified atom stereocenters. The van der Waals surface area contributed by atoms with Crippen LogP contribution in [0.4, 0.5) is 10.5 Å². The van der Waals surface area contributed by atoms with Crippen molar-refractivity contribution in [2.75, 3.05) is 18.5 Å². The summed E-state index contributed by atoms with van der Waals surface area (Å²) in [4.78, 5) is 10.8. The highest BCUT2D eigenvalue weighted by Gasteiger charge is 2.29. The van der Waals surface area contributed by atoms with Gasteiger partial charge in [-0.15, -0.1) is 0 Å². The highest BCUT2D eigenvalue weighted by atomic mass is 16.5. The SMILES string of the molecule is CCCCCNc1cccc(C(O)(CCCC)CCOC(N)=O)c1. The maximum Gasteiger partial charge on any atom is 0.404 e. The van der Waals surface area contributed by atoms with Crippen molar-refractivity contribution in [2.24, 2.45) is 5.73 Å². The smallest absolute Gasteiger partial charge is 0.404 e. The van der Waals surface area contributed by atoms with Crippen molar-refractivity contribution >= 4 is 11.8 Å². The zero-order valence-corrected chi connectivity index (χ0v) is 15.0. The lowest BCUT2D eigenvalue weighted by molar-refractivity contribution is -0.000794. The van der Waals surface area contributed by atoms with E-state index in [0.29, 0.717) is 12.8 Å². The minimum absolute atomic E-state index is 0.115. The molecule has 0 aliphatic carbocycles. The largest absolute Gasteiger partial charge is 0.450 e. The topological polar surface area (TPSA) is 84.6 Å². The van der Waals surface area contributed by atoms with Gasteiger partial charge in [-0.1, -0.05) is 51.7 Å². The molecule has 136 valence electrons. The second-order valence-electron chi connectivity index (χ2n) is 6.27. The van der Waals surface area contributed by atoms with Gasteiger partial charge in [0.1, 0.15) is 0 Å². The molecule has 0 saturated heterocycles. The molecule has 1 rings (SSSR count). The number of hydrogen-bond acceptors (Lipinski definition) is 4. The number of nitrogens with two attached hydrogens (primary N) is 1. The van der Waals surface area contributed by atoms with E-state index in [1.807, 2.05) is 24.3 Å². The second-order valence-corrected chi connectivity index (χ2v) is 6.27. The van der Waals surface area contributed by atoms with Crippen molar-refractivity contribution in [3.8, 4) is 0 Å². The zero-order valence-electron chi connectivity index (χ0n) is 15.0. The van der Waals surface area contributed by atoms with Crippen LogP contribution in [0.3, 0.4) is 0 Å². The maximum atomic E-state index is 11.1. The first-order valence-corrected chi connectivity index (χ1v) is 9.01. The number of rotatable bonds is 12. The molecule has 5 heteroatoms. The molecule has 0 spiro atoms. The minimum atomic E-state index is -1.01. The molecular formula is C19H32N2O3. The first kappa shape index (κ1) is 20.3. The van der Waals surface area contributed by atoms with Crippen molar-refractivity contribution in [1.29, 1.82) is 0 Å². The lowest BCUT2D eigenvalue weighted by Crippen LogP contribution is -2.29. The fourth-order valence-electron chi connectivity index (χ4n) is 2.73. The molecule has 24 heavy (non-hydrogen) atoms. The van der Waals surface area contributed by atoms with Gasteiger partial charge in [0.2, 0.25) is 0 Å². The van der Waals surface area contributed by atoms with Crippen LogP contribution in [0.15, 0.2) is 24.3 Å². The van der Waals surface area contributed by atoms with E-state index in [1.54, 1.807) is 0 Å². The van der Waals surface area contributed by atoms with Gasteiger partial charge < -0.3 is 20.9 Å². The number of hydrogen-bond donors (Lipinski definition) is 3. The van der Waals surface area contributed by atoms with E-state index in [2.05, 4.69) is 19.2 Å². The minimum Gasteiger partial charge on any atom is -0.450 e. The van der Waals surface area contributed by atoms with Gasteiger partial charge in [0, 0.05) is 18.7 Å². The fourth-order valence-corrected chi connectivity index (χ4v) is 2.73. The fraction of sp³-hybridized carbons (Fsp3) is 0.632. The number of benzene rings is 1. The lowest BCUT2D eigenvalue weighted by atomic mass is 9.85. The van der Waals surface area contributed by atoms with E-state index in [4.69, 9.17) is 10.5 Å². The third kappa shape index (κ3) is 7.21. The molecule has 0 aliphatic rings. The number of ether oxygens (including phenoxy) is 1. The molecule has 0 bridgehead atoms. The van der Waals surface area contributed by atoms with E-state index in [0.717, 1.165) is 37.1 Å². The molecule has 5 nitrogen and oxygen atoms in total. The van der Waals surface area contributed by atoms with Crippen molar-refractivity contribution in [3.05, 3.63) is 29.8 Å². The van der Waals surface area contributed by atoms with Gasteiger partial charge in [-0.05, 0) is 30.5 Å². The van der Waals surface area contributed by atoms with Crippen LogP contribution in [0.1, 0.15) is 64.4 Å². The van der Waals surface area contributed by atoms with Crippen LogP contribution in [0.25, 0.3) is 0 Å². The molecule has 4 N–H and O–H groups in total. The summed E-state index contributed by atoms with van der Waals surface area (Å²) in [5.74, 6) is 0. The van der Waals surface area contributed by atoms with Gasteiger partial charge in [-0.25, -0.2) is 4.79 Å². The van der Waals surface area contributed by atoms with E-state index < -0.39 is 11.7 Å². The molecular weight excluding hydrogens is 304 g/mol. The number of nitrogens with one attached hydrogen (secondary N) is 1. The number of carbonyl (C=O) groups is 1. The van der Waals surface area contributed by atoms with Crippen LogP contribution in [0, 0.1) is 0 Å². The van der Waals surface area contributed by atoms with Gasteiger partial charge in [-0.2, -0.15) is 0 Å². The molecule has 0 radical (unpaired) electrons. The summed E-state index contributed by atoms with van der Waals surface area (Å²) in [7, 11) is 0. The number of amides is 1. The quantitative estimate of drug-likeness (QED) is 0.501. The summed E-state index contributed by atoms with van der Waals surface area (Å²) in [5.41, 5.74) is 5.86. The highest BCUT2D eigenvalue weighted by Crippen LogP contribution is 2.32. The molecule has 1 amide bonds. The number of primary amides is 1. The average molecular weight is 336 g/mol. The first-order valence-electron chi connectivity index (χ1n) is 9.01. The molecule has 0 heterocycles. The van der Waals surface area contributed by atoms with E-state index in [1.165, 1.54) is 12.8 Å². The summed E-state index contributed by atoms with van der Waals surface area (Å²) in [6, 6.07) is 7.88. The summed E-state index contributed by atoms with van der Waals surface area (Å²) in [6.07, 6.45) is 5.60. The Labute approximate surface area is 145 Å². The lowest BCUT2D eigenvalue weighted by Gasteiger charge is -2.29. The van der Waals surface area contributed by atoms with Crippen LogP contribution >= 0.6 is 0 Å². The summed E-state index contributed by atoms with van der Waals surface area (Å²) in [6.45, 7) is 5.31. The van der Waals surface area contributed by atoms with E-state index in [9.17, 15) is 9.90 Å². The Bertz CT molecular complexity index is 493. The monoisotopic (exact) mass is 336 g/mol. The zero-order chi connectivity index (χ0) is 17.8. The third-order valence-electron chi connectivity index (χ3n) is 4.21. The van der Waals surface area contributed by atoms with Crippen molar-refractivity contribution in [3.63, 3.8) is 0 Å². The second kappa shape index (κ2) is 10.9. The standard InChI is InChI=1S/C19H32N2O3/c1-3-5-7-13-21-17-10-8-9-16(15-17)19(23,11-6-4-2)12-14-24-18(20)22/h8-10,15,21,23H,3-7,11-14H2,1-2H3,(H2,20,22). The van der Waals surface area contributed by atoms with Crippen molar-refractivity contribution < 1.29 is 14.6 Å². The number of carbonyl (C=O) groups excluding carboxylic acids is 1. The van der Waals surface area contributed by atoms with E-state index in [-0.39, 0.29) is 6.61 Å². The predicted octanol–water partition coefficient (Wildman–Crippen LogP) is 4.15. The Morgan fingerprint density at radius 3 is 2.62 bits per heavy atom. The Hall–Kier alpha value is -1.75. The Balaban J connectivity index is 2.78. The van der Waals surface area contributed by atoms with Gasteiger partial charge in [-0.3, -0.25) is 0 Å². The summed E-state index contributed by atoms with van der Waals surface area (Å²) >= 11 is 0. The van der Waals surface area contributed by atoms with Crippen LogP contribution in [-0.4, -0.2) is 24.4 Å². The maximum absolute atomic E-state index is 11.1. The van der Waals surface area contributed by atoms with Gasteiger partial charge >= 0.3 is 6.09 Å².